The third-order valence-electron chi connectivity index (χ3n) is 3.96. The first-order valence-electron chi connectivity index (χ1n) is 8.15. The number of benzene rings is 1. The zero-order chi connectivity index (χ0) is 18.6. The Labute approximate surface area is 152 Å². The molecule has 2 aromatic rings. The summed E-state index contributed by atoms with van der Waals surface area (Å²) < 4.78 is 5.51. The van der Waals surface area contributed by atoms with Crippen LogP contribution in [0.1, 0.15) is 55.0 Å². The third kappa shape index (κ3) is 5.36. The molecule has 2 amide bonds. The zero-order valence-electron chi connectivity index (χ0n) is 14.9. The van der Waals surface area contributed by atoms with Crippen molar-refractivity contribution in [3.8, 4) is 0 Å². The summed E-state index contributed by atoms with van der Waals surface area (Å²) >= 11 is 5.91. The van der Waals surface area contributed by atoms with E-state index in [4.69, 9.17) is 16.0 Å². The fourth-order valence-corrected chi connectivity index (χ4v) is 2.96. The van der Waals surface area contributed by atoms with Gasteiger partial charge < -0.3 is 15.1 Å². The number of rotatable bonds is 6. The van der Waals surface area contributed by atoms with E-state index in [0.29, 0.717) is 5.02 Å². The van der Waals surface area contributed by atoms with Gasteiger partial charge in [0.05, 0.1) is 18.5 Å². The highest BCUT2D eigenvalue weighted by Gasteiger charge is 2.20. The number of amides is 2. The summed E-state index contributed by atoms with van der Waals surface area (Å²) in [6.45, 7) is 7.09. The van der Waals surface area contributed by atoms with Crippen LogP contribution >= 0.6 is 11.6 Å². The van der Waals surface area contributed by atoms with Gasteiger partial charge >= 0.3 is 0 Å². The lowest BCUT2D eigenvalue weighted by atomic mass is 10.0. The summed E-state index contributed by atoms with van der Waals surface area (Å²) in [5.41, 5.74) is 1.78. The first kappa shape index (κ1) is 19.1. The van der Waals surface area contributed by atoms with Gasteiger partial charge in [-0.15, -0.1) is 0 Å². The zero-order valence-corrected chi connectivity index (χ0v) is 15.6. The fourth-order valence-electron chi connectivity index (χ4n) is 2.84. The molecule has 2 rings (SSSR count). The number of aryl methyl sites for hydroxylation is 2. The SMILES string of the molecule is CC(=O)NC(CC(=O)NC(C)c1cc(C)oc1C)c1ccc(Cl)cc1. The first-order chi connectivity index (χ1) is 11.8. The molecule has 5 nitrogen and oxygen atoms in total. The molecule has 0 radical (unpaired) electrons. The summed E-state index contributed by atoms with van der Waals surface area (Å²) in [6, 6.07) is 8.44. The second-order valence-corrected chi connectivity index (χ2v) is 6.60. The van der Waals surface area contributed by atoms with E-state index < -0.39 is 6.04 Å². The summed E-state index contributed by atoms with van der Waals surface area (Å²) in [7, 11) is 0. The van der Waals surface area contributed by atoms with Gasteiger partial charge in [0.15, 0.2) is 0 Å². The predicted octanol–water partition coefficient (Wildman–Crippen LogP) is 3.99. The van der Waals surface area contributed by atoms with Crippen LogP contribution in [0.25, 0.3) is 0 Å². The monoisotopic (exact) mass is 362 g/mol. The molecule has 0 spiro atoms. The maximum absolute atomic E-state index is 12.5. The maximum Gasteiger partial charge on any atom is 0.222 e. The molecule has 0 bridgehead atoms. The van der Waals surface area contributed by atoms with Crippen molar-refractivity contribution in [2.75, 3.05) is 0 Å². The van der Waals surface area contributed by atoms with Crippen molar-refractivity contribution in [1.29, 1.82) is 0 Å². The molecular formula is C19H23ClN2O3. The van der Waals surface area contributed by atoms with Gasteiger partial charge in [-0.3, -0.25) is 9.59 Å². The van der Waals surface area contributed by atoms with Crippen LogP contribution in [0.3, 0.4) is 0 Å². The molecule has 0 aliphatic heterocycles. The Kier molecular flexibility index (Phi) is 6.26. The van der Waals surface area contributed by atoms with E-state index in [0.717, 1.165) is 22.6 Å². The van der Waals surface area contributed by atoms with Crippen LogP contribution in [0.4, 0.5) is 0 Å². The molecule has 134 valence electrons. The Morgan fingerprint density at radius 1 is 1.16 bits per heavy atom. The van der Waals surface area contributed by atoms with Crippen LogP contribution in [-0.4, -0.2) is 11.8 Å². The average molecular weight is 363 g/mol. The number of hydrogen-bond donors (Lipinski definition) is 2. The van der Waals surface area contributed by atoms with E-state index in [2.05, 4.69) is 10.6 Å². The molecule has 25 heavy (non-hydrogen) atoms. The largest absolute Gasteiger partial charge is 0.466 e. The summed E-state index contributed by atoms with van der Waals surface area (Å²) in [6.07, 6.45) is 0.140. The van der Waals surface area contributed by atoms with E-state index >= 15 is 0 Å². The van der Waals surface area contributed by atoms with Crippen molar-refractivity contribution in [2.24, 2.45) is 0 Å². The minimum Gasteiger partial charge on any atom is -0.466 e. The molecule has 2 unspecified atom stereocenters. The molecule has 0 saturated heterocycles. The van der Waals surface area contributed by atoms with Gasteiger partial charge in [0, 0.05) is 17.5 Å². The van der Waals surface area contributed by atoms with E-state index in [1.165, 1.54) is 6.92 Å². The van der Waals surface area contributed by atoms with Crippen LogP contribution in [0.15, 0.2) is 34.7 Å². The third-order valence-corrected chi connectivity index (χ3v) is 4.21. The predicted molar refractivity (Wildman–Crippen MR) is 97.4 cm³/mol. The van der Waals surface area contributed by atoms with Crippen LogP contribution in [0.2, 0.25) is 5.02 Å². The van der Waals surface area contributed by atoms with Crippen molar-refractivity contribution >= 4 is 23.4 Å². The van der Waals surface area contributed by atoms with Crippen molar-refractivity contribution < 1.29 is 14.0 Å². The molecule has 0 fully saturated rings. The molecule has 2 N–H and O–H groups in total. The van der Waals surface area contributed by atoms with Gasteiger partial charge in [0.2, 0.25) is 11.8 Å². The lowest BCUT2D eigenvalue weighted by Gasteiger charge is -2.20. The van der Waals surface area contributed by atoms with Crippen LogP contribution in [0.5, 0.6) is 0 Å². The van der Waals surface area contributed by atoms with Gasteiger partial charge in [0.25, 0.3) is 0 Å². The van der Waals surface area contributed by atoms with Gasteiger partial charge in [0.1, 0.15) is 11.5 Å². The van der Waals surface area contributed by atoms with Crippen LogP contribution in [0, 0.1) is 13.8 Å². The van der Waals surface area contributed by atoms with Gasteiger partial charge in [-0.25, -0.2) is 0 Å². The topological polar surface area (TPSA) is 71.3 Å². The molecule has 0 aliphatic rings. The lowest BCUT2D eigenvalue weighted by molar-refractivity contribution is -0.123. The standard InChI is InChI=1S/C19H23ClN2O3/c1-11-9-17(13(3)25-11)12(2)21-19(24)10-18(22-14(4)23)15-5-7-16(20)8-6-15/h5-9,12,18H,10H2,1-4H3,(H,21,24)(H,22,23). The van der Waals surface area contributed by atoms with Crippen molar-refractivity contribution in [3.05, 3.63) is 58.0 Å². The normalized spacial score (nSPS) is 13.2. The molecule has 6 heteroatoms. The van der Waals surface area contributed by atoms with E-state index in [9.17, 15) is 9.59 Å². The van der Waals surface area contributed by atoms with Crippen molar-refractivity contribution in [2.45, 2.75) is 46.2 Å². The molecule has 2 atom stereocenters. The summed E-state index contributed by atoms with van der Waals surface area (Å²) in [4.78, 5) is 23.9. The van der Waals surface area contributed by atoms with Gasteiger partial charge in [-0.1, -0.05) is 23.7 Å². The maximum atomic E-state index is 12.5. The first-order valence-corrected chi connectivity index (χ1v) is 8.53. The van der Waals surface area contributed by atoms with Crippen molar-refractivity contribution in [3.63, 3.8) is 0 Å². The molecule has 0 saturated carbocycles. The minimum absolute atomic E-state index is 0.140. The van der Waals surface area contributed by atoms with Gasteiger partial charge in [-0.2, -0.15) is 0 Å². The fraction of sp³-hybridized carbons (Fsp3) is 0.368. The Hall–Kier alpha value is -2.27. The highest BCUT2D eigenvalue weighted by Crippen LogP contribution is 2.23. The number of nitrogens with one attached hydrogen (secondary N) is 2. The second-order valence-electron chi connectivity index (χ2n) is 6.17. The number of furan rings is 1. The number of carbonyl (C=O) groups excluding carboxylic acids is 2. The molecule has 1 aromatic heterocycles. The Balaban J connectivity index is 2.07. The smallest absolute Gasteiger partial charge is 0.222 e. The average Bonchev–Trinajstić information content (AvgIpc) is 2.85. The Morgan fingerprint density at radius 3 is 2.32 bits per heavy atom. The van der Waals surface area contributed by atoms with Crippen molar-refractivity contribution in [1.82, 2.24) is 10.6 Å². The minimum atomic E-state index is -0.408. The second kappa shape index (κ2) is 8.21. The summed E-state index contributed by atoms with van der Waals surface area (Å²) in [5, 5.41) is 6.38. The van der Waals surface area contributed by atoms with E-state index in [1.807, 2.05) is 39.0 Å². The number of carbonyl (C=O) groups is 2. The van der Waals surface area contributed by atoms with Crippen LogP contribution in [-0.2, 0) is 9.59 Å². The number of halogens is 1. The molecule has 0 aliphatic carbocycles. The number of hydrogen-bond acceptors (Lipinski definition) is 3. The Morgan fingerprint density at radius 2 is 1.80 bits per heavy atom. The van der Waals surface area contributed by atoms with Gasteiger partial charge in [-0.05, 0) is 44.5 Å². The Bertz CT molecular complexity index is 753. The highest BCUT2D eigenvalue weighted by atomic mass is 35.5. The van der Waals surface area contributed by atoms with E-state index in [-0.39, 0.29) is 24.3 Å². The van der Waals surface area contributed by atoms with Crippen LogP contribution < -0.4 is 10.6 Å². The van der Waals surface area contributed by atoms with E-state index in [1.54, 1.807) is 12.1 Å². The molecular weight excluding hydrogens is 340 g/mol. The highest BCUT2D eigenvalue weighted by molar-refractivity contribution is 6.30. The lowest BCUT2D eigenvalue weighted by Crippen LogP contribution is -2.33. The molecule has 1 heterocycles. The molecule has 1 aromatic carbocycles. The summed E-state index contributed by atoms with van der Waals surface area (Å²) in [5.74, 6) is 1.26. The quantitative estimate of drug-likeness (QED) is 0.816.